The van der Waals surface area contributed by atoms with Crippen molar-refractivity contribution in [2.45, 2.75) is 45.3 Å². The maximum Gasteiger partial charge on any atom is 0.280 e. The van der Waals surface area contributed by atoms with E-state index in [9.17, 15) is 20.0 Å². The summed E-state index contributed by atoms with van der Waals surface area (Å²) in [5.41, 5.74) is -0.0252. The molecule has 0 aromatic carbocycles. The first kappa shape index (κ1) is 22.7. The number of likely N-dealkylation sites (tertiary alicyclic amines) is 1. The fraction of sp³-hybridized carbons (Fsp3) is 0.476. The lowest BCUT2D eigenvalue weighted by Crippen LogP contribution is -2.38. The summed E-state index contributed by atoms with van der Waals surface area (Å²) in [4.78, 5) is 36.8. The highest BCUT2D eigenvalue weighted by molar-refractivity contribution is 7.17. The van der Waals surface area contributed by atoms with Crippen molar-refractivity contribution in [3.8, 4) is 16.5 Å². The van der Waals surface area contributed by atoms with Gasteiger partial charge in [0.2, 0.25) is 0 Å². The van der Waals surface area contributed by atoms with Crippen molar-refractivity contribution in [1.29, 1.82) is 5.26 Å². The zero-order valence-electron chi connectivity index (χ0n) is 18.0. The Morgan fingerprint density at radius 3 is 2.77 bits per heavy atom. The Balaban J connectivity index is 2.04. The number of aromatic nitrogens is 2. The lowest BCUT2D eigenvalue weighted by molar-refractivity contribution is 0.0692. The molecular weight excluding hydrogens is 416 g/mol. The maximum absolute atomic E-state index is 13.3. The second-order valence-corrected chi connectivity index (χ2v) is 9.16. The predicted octanol–water partition coefficient (Wildman–Crippen LogP) is 2.24. The number of rotatable bonds is 6. The normalized spacial score (nSPS) is 16.1. The van der Waals surface area contributed by atoms with Gasteiger partial charge in [-0.05, 0) is 39.7 Å². The van der Waals surface area contributed by atoms with Gasteiger partial charge in [0.05, 0.1) is 16.0 Å². The number of nitriles is 1. The van der Waals surface area contributed by atoms with Crippen LogP contribution in [0.25, 0.3) is 10.4 Å². The van der Waals surface area contributed by atoms with Gasteiger partial charge < -0.3 is 20.6 Å². The topological polar surface area (TPSA) is 131 Å². The monoisotopic (exact) mass is 442 g/mol. The van der Waals surface area contributed by atoms with Gasteiger partial charge in [-0.25, -0.2) is 9.97 Å². The highest BCUT2D eigenvalue weighted by Crippen LogP contribution is 2.34. The Labute approximate surface area is 185 Å². The van der Waals surface area contributed by atoms with Crippen molar-refractivity contribution in [3.05, 3.63) is 28.5 Å². The minimum Gasteiger partial charge on any atom is -0.389 e. The predicted molar refractivity (Wildman–Crippen MR) is 118 cm³/mol. The van der Waals surface area contributed by atoms with Crippen LogP contribution in [0, 0.1) is 11.3 Å². The van der Waals surface area contributed by atoms with Crippen LogP contribution in [0.1, 0.15) is 59.5 Å². The summed E-state index contributed by atoms with van der Waals surface area (Å²) < 4.78 is 0. The molecule has 3 heterocycles. The summed E-state index contributed by atoms with van der Waals surface area (Å²) >= 11 is 1.07. The number of carbonyl (C=O) groups is 2. The molecule has 0 unspecified atom stereocenters. The van der Waals surface area contributed by atoms with E-state index in [-0.39, 0.29) is 29.2 Å². The largest absolute Gasteiger partial charge is 0.389 e. The number of nitrogens with zero attached hydrogens (tertiary/aromatic N) is 4. The SMILES string of the molecule is CNc1ncc(-c2sc(C(=O)NCC(C)(C)O)nc2C(=O)N2CCC[C@@H]2C)cc1C#N. The Kier molecular flexibility index (Phi) is 6.57. The molecule has 0 spiro atoms. The summed E-state index contributed by atoms with van der Waals surface area (Å²) in [6.07, 6.45) is 3.40. The lowest BCUT2D eigenvalue weighted by Gasteiger charge is -2.20. The first-order valence-electron chi connectivity index (χ1n) is 10.0. The van der Waals surface area contributed by atoms with Crippen LogP contribution in [-0.2, 0) is 0 Å². The van der Waals surface area contributed by atoms with Crippen molar-refractivity contribution in [3.63, 3.8) is 0 Å². The van der Waals surface area contributed by atoms with Gasteiger partial charge in [0.1, 0.15) is 17.6 Å². The molecule has 164 valence electrons. The number of hydrogen-bond donors (Lipinski definition) is 3. The van der Waals surface area contributed by atoms with Gasteiger partial charge in [0.15, 0.2) is 5.01 Å². The third-order valence-corrected chi connectivity index (χ3v) is 6.13. The number of hydrogen-bond acceptors (Lipinski definition) is 8. The Morgan fingerprint density at radius 2 is 2.19 bits per heavy atom. The van der Waals surface area contributed by atoms with Crippen LogP contribution in [0.3, 0.4) is 0 Å². The summed E-state index contributed by atoms with van der Waals surface area (Å²) in [7, 11) is 1.67. The first-order chi connectivity index (χ1) is 14.6. The first-order valence-corrected chi connectivity index (χ1v) is 10.9. The summed E-state index contributed by atoms with van der Waals surface area (Å²) in [5.74, 6) is -0.281. The van der Waals surface area contributed by atoms with Crippen LogP contribution in [0.15, 0.2) is 12.3 Å². The molecule has 10 heteroatoms. The molecule has 3 rings (SSSR count). The zero-order valence-corrected chi connectivity index (χ0v) is 18.8. The van der Waals surface area contributed by atoms with Crippen LogP contribution in [-0.4, -0.2) is 63.6 Å². The van der Waals surface area contributed by atoms with Crippen LogP contribution in [0.5, 0.6) is 0 Å². The molecule has 31 heavy (non-hydrogen) atoms. The average molecular weight is 443 g/mol. The number of nitrogens with one attached hydrogen (secondary N) is 2. The standard InChI is InChI=1S/C21H26N6O3S/c1-12-6-5-7-27(12)20(29)15-16(14-8-13(9-22)17(23-4)24-10-14)31-19(26-15)18(28)25-11-21(2,3)30/h8,10,12,30H,5-7,11H2,1-4H3,(H,23,24)(H,25,28)/t12-/m0/s1. The van der Waals surface area contributed by atoms with E-state index in [0.29, 0.717) is 28.4 Å². The van der Waals surface area contributed by atoms with Gasteiger partial charge in [-0.3, -0.25) is 9.59 Å². The number of thiazole rings is 1. The van der Waals surface area contributed by atoms with Crippen LogP contribution in [0.2, 0.25) is 0 Å². The third-order valence-electron chi connectivity index (χ3n) is 5.03. The molecule has 1 atom stereocenters. The second-order valence-electron chi connectivity index (χ2n) is 8.16. The van der Waals surface area contributed by atoms with Crippen molar-refractivity contribution < 1.29 is 14.7 Å². The molecule has 2 aromatic rings. The van der Waals surface area contributed by atoms with Crippen molar-refractivity contribution >= 4 is 29.0 Å². The van der Waals surface area contributed by atoms with Gasteiger partial charge in [0.25, 0.3) is 11.8 Å². The zero-order chi connectivity index (χ0) is 22.8. The van der Waals surface area contributed by atoms with Crippen LogP contribution >= 0.6 is 11.3 Å². The molecule has 9 nitrogen and oxygen atoms in total. The average Bonchev–Trinajstić information content (AvgIpc) is 3.37. The van der Waals surface area contributed by atoms with Gasteiger partial charge >= 0.3 is 0 Å². The molecule has 0 bridgehead atoms. The molecule has 0 saturated carbocycles. The van der Waals surface area contributed by atoms with Crippen LogP contribution in [0.4, 0.5) is 5.82 Å². The molecule has 0 radical (unpaired) electrons. The van der Waals surface area contributed by atoms with E-state index in [1.54, 1.807) is 38.1 Å². The van der Waals surface area contributed by atoms with E-state index in [1.807, 2.05) is 6.92 Å². The smallest absolute Gasteiger partial charge is 0.280 e. The summed E-state index contributed by atoms with van der Waals surface area (Å²) in [5, 5.41) is 24.9. The molecule has 1 aliphatic rings. The molecule has 2 amide bonds. The fourth-order valence-corrected chi connectivity index (χ4v) is 4.33. The lowest BCUT2D eigenvalue weighted by atomic mass is 10.1. The van der Waals surface area contributed by atoms with Gasteiger partial charge in [-0.15, -0.1) is 11.3 Å². The third kappa shape index (κ3) is 5.00. The van der Waals surface area contributed by atoms with Crippen molar-refractivity contribution in [2.75, 3.05) is 25.5 Å². The highest BCUT2D eigenvalue weighted by Gasteiger charge is 2.31. The van der Waals surface area contributed by atoms with Crippen LogP contribution < -0.4 is 10.6 Å². The highest BCUT2D eigenvalue weighted by atomic mass is 32.1. The van der Waals surface area contributed by atoms with E-state index in [4.69, 9.17) is 0 Å². The number of anilines is 1. The Morgan fingerprint density at radius 1 is 1.45 bits per heavy atom. The molecular formula is C21H26N6O3S. The quantitative estimate of drug-likeness (QED) is 0.625. The molecule has 2 aromatic heterocycles. The molecule has 1 fully saturated rings. The van der Waals surface area contributed by atoms with Gasteiger partial charge in [0, 0.05) is 37.9 Å². The minimum atomic E-state index is -1.08. The Hall–Kier alpha value is -3.03. The summed E-state index contributed by atoms with van der Waals surface area (Å²) in [6, 6.07) is 3.82. The van der Waals surface area contributed by atoms with E-state index < -0.39 is 11.5 Å². The van der Waals surface area contributed by atoms with E-state index >= 15 is 0 Å². The number of amides is 2. The molecule has 1 saturated heterocycles. The van der Waals surface area contributed by atoms with E-state index in [1.165, 1.54) is 0 Å². The number of aliphatic hydroxyl groups is 1. The van der Waals surface area contributed by atoms with Gasteiger partial charge in [-0.1, -0.05) is 0 Å². The van der Waals surface area contributed by atoms with Crippen molar-refractivity contribution in [2.24, 2.45) is 0 Å². The van der Waals surface area contributed by atoms with E-state index in [2.05, 4.69) is 26.7 Å². The second kappa shape index (κ2) is 8.99. The van der Waals surface area contributed by atoms with Gasteiger partial charge in [-0.2, -0.15) is 5.26 Å². The molecule has 0 aliphatic carbocycles. The molecule has 3 N–H and O–H groups in total. The number of pyridine rings is 1. The Bertz CT molecular complexity index is 1040. The number of carbonyl (C=O) groups excluding carboxylic acids is 2. The van der Waals surface area contributed by atoms with Crippen molar-refractivity contribution in [1.82, 2.24) is 20.2 Å². The van der Waals surface area contributed by atoms with E-state index in [0.717, 1.165) is 24.2 Å². The summed E-state index contributed by atoms with van der Waals surface area (Å²) in [6.45, 7) is 5.85. The minimum absolute atomic E-state index is 0.0458. The molecule has 1 aliphatic heterocycles. The fourth-order valence-electron chi connectivity index (χ4n) is 3.37. The maximum atomic E-state index is 13.3.